The summed E-state index contributed by atoms with van der Waals surface area (Å²) in [5, 5.41) is 3.16. The number of carbonyl (C=O) groups is 1. The number of rotatable bonds is 5. The Labute approximate surface area is 154 Å². The van der Waals surface area contributed by atoms with E-state index in [2.05, 4.69) is 20.2 Å². The maximum Gasteiger partial charge on any atom is 0.220 e. The largest absolute Gasteiger partial charge is 0.399 e. The minimum Gasteiger partial charge on any atom is -0.399 e. The second kappa shape index (κ2) is 8.17. The molecule has 1 aliphatic rings. The van der Waals surface area contributed by atoms with Gasteiger partial charge in [-0.05, 0) is 44.7 Å². The average Bonchev–Trinajstić information content (AvgIpc) is 2.61. The number of piperidine rings is 1. The molecule has 6 heteroatoms. The number of aryl methyl sites for hydroxylation is 3. The van der Waals surface area contributed by atoms with Crippen LogP contribution < -0.4 is 16.0 Å². The Balaban J connectivity index is 1.46. The number of nitrogens with zero attached hydrogens (tertiary/aromatic N) is 3. The summed E-state index contributed by atoms with van der Waals surface area (Å²) in [4.78, 5) is 23.4. The van der Waals surface area contributed by atoms with Gasteiger partial charge in [-0.1, -0.05) is 18.2 Å². The van der Waals surface area contributed by atoms with Crippen LogP contribution in [0.15, 0.2) is 30.3 Å². The molecule has 6 nitrogen and oxygen atoms in total. The molecule has 3 N–H and O–H groups in total. The molecular weight excluding hydrogens is 326 g/mol. The number of amides is 1. The second-order valence-electron chi connectivity index (χ2n) is 6.94. The van der Waals surface area contributed by atoms with Gasteiger partial charge in [-0.3, -0.25) is 4.79 Å². The topological polar surface area (TPSA) is 84.1 Å². The van der Waals surface area contributed by atoms with Crippen molar-refractivity contribution in [1.29, 1.82) is 0 Å². The first kappa shape index (κ1) is 18.2. The first-order chi connectivity index (χ1) is 12.5. The van der Waals surface area contributed by atoms with Crippen LogP contribution in [0.3, 0.4) is 0 Å². The van der Waals surface area contributed by atoms with Gasteiger partial charge >= 0.3 is 0 Å². The normalized spacial score (nSPS) is 15.1. The summed E-state index contributed by atoms with van der Waals surface area (Å²) >= 11 is 0. The lowest BCUT2D eigenvalue weighted by atomic mass is 10.0. The van der Waals surface area contributed by atoms with Crippen LogP contribution in [0, 0.1) is 13.8 Å². The van der Waals surface area contributed by atoms with E-state index >= 15 is 0 Å². The molecule has 2 heterocycles. The van der Waals surface area contributed by atoms with Crippen molar-refractivity contribution in [2.45, 2.75) is 45.6 Å². The molecule has 1 amide bonds. The lowest BCUT2D eigenvalue weighted by Crippen LogP contribution is -2.45. The second-order valence-corrected chi connectivity index (χ2v) is 6.94. The van der Waals surface area contributed by atoms with Crippen LogP contribution in [0.2, 0.25) is 0 Å². The first-order valence-corrected chi connectivity index (χ1v) is 9.21. The Morgan fingerprint density at radius 2 is 1.96 bits per heavy atom. The van der Waals surface area contributed by atoms with Crippen LogP contribution >= 0.6 is 0 Å². The highest BCUT2D eigenvalue weighted by atomic mass is 16.1. The lowest BCUT2D eigenvalue weighted by molar-refractivity contribution is -0.121. The molecule has 1 aromatic heterocycles. The van der Waals surface area contributed by atoms with Gasteiger partial charge < -0.3 is 16.0 Å². The molecule has 0 atom stereocenters. The van der Waals surface area contributed by atoms with Gasteiger partial charge in [-0.15, -0.1) is 0 Å². The number of nitrogens with one attached hydrogen (secondary N) is 1. The van der Waals surface area contributed by atoms with E-state index in [-0.39, 0.29) is 11.9 Å². The van der Waals surface area contributed by atoms with Crippen molar-refractivity contribution in [3.63, 3.8) is 0 Å². The van der Waals surface area contributed by atoms with Crippen LogP contribution in [0.25, 0.3) is 0 Å². The highest BCUT2D eigenvalue weighted by Gasteiger charge is 2.22. The fourth-order valence-electron chi connectivity index (χ4n) is 3.42. The quantitative estimate of drug-likeness (QED) is 0.807. The fraction of sp³-hybridized carbons (Fsp3) is 0.450. The number of anilines is 2. The molecular formula is C20H27N5O. The molecule has 3 rings (SSSR count). The third-order valence-corrected chi connectivity index (χ3v) is 4.81. The molecule has 1 aromatic carbocycles. The van der Waals surface area contributed by atoms with E-state index in [1.54, 1.807) is 0 Å². The van der Waals surface area contributed by atoms with Gasteiger partial charge in [-0.2, -0.15) is 0 Å². The molecule has 0 radical (unpaired) electrons. The summed E-state index contributed by atoms with van der Waals surface area (Å²) in [5.41, 5.74) is 8.71. The molecule has 0 saturated carbocycles. The molecule has 138 valence electrons. The van der Waals surface area contributed by atoms with Gasteiger partial charge in [0.05, 0.1) is 0 Å². The van der Waals surface area contributed by atoms with Crippen LogP contribution in [-0.4, -0.2) is 35.0 Å². The summed E-state index contributed by atoms with van der Waals surface area (Å²) in [7, 11) is 0. The molecule has 0 spiro atoms. The van der Waals surface area contributed by atoms with E-state index in [1.165, 1.54) is 0 Å². The smallest absolute Gasteiger partial charge is 0.220 e. The zero-order valence-electron chi connectivity index (χ0n) is 15.5. The summed E-state index contributed by atoms with van der Waals surface area (Å²) in [6, 6.07) is 9.97. The predicted octanol–water partition coefficient (Wildman–Crippen LogP) is 2.39. The van der Waals surface area contributed by atoms with Crippen molar-refractivity contribution in [3.05, 3.63) is 47.4 Å². The Bertz CT molecular complexity index is 748. The number of nitrogen functional groups attached to an aromatic ring is 1. The molecule has 1 aliphatic heterocycles. The van der Waals surface area contributed by atoms with Crippen molar-refractivity contribution in [2.75, 3.05) is 23.7 Å². The summed E-state index contributed by atoms with van der Waals surface area (Å²) < 4.78 is 0. The molecule has 1 fully saturated rings. The molecule has 0 bridgehead atoms. The predicted molar refractivity (Wildman–Crippen MR) is 104 cm³/mol. The van der Waals surface area contributed by atoms with Crippen LogP contribution in [0.5, 0.6) is 0 Å². The first-order valence-electron chi connectivity index (χ1n) is 9.21. The van der Waals surface area contributed by atoms with Gasteiger partial charge in [0, 0.05) is 43.0 Å². The zero-order chi connectivity index (χ0) is 18.5. The van der Waals surface area contributed by atoms with Gasteiger partial charge in [0.15, 0.2) is 0 Å². The SMILES string of the molecule is Cc1cc(N2CCC(NC(=O)CCc3ccccc3N)CC2)nc(C)n1. The van der Waals surface area contributed by atoms with Gasteiger partial charge in [0.1, 0.15) is 11.6 Å². The summed E-state index contributed by atoms with van der Waals surface area (Å²) in [6.45, 7) is 5.70. The molecule has 2 aromatic rings. The minimum atomic E-state index is 0.0976. The Kier molecular flexibility index (Phi) is 5.71. The average molecular weight is 353 g/mol. The van der Waals surface area contributed by atoms with Crippen molar-refractivity contribution in [2.24, 2.45) is 0 Å². The van der Waals surface area contributed by atoms with E-state index in [1.807, 2.05) is 44.2 Å². The third-order valence-electron chi connectivity index (χ3n) is 4.81. The van der Waals surface area contributed by atoms with Gasteiger partial charge in [0.25, 0.3) is 0 Å². The highest BCUT2D eigenvalue weighted by Crippen LogP contribution is 2.19. The molecule has 0 aliphatic carbocycles. The zero-order valence-corrected chi connectivity index (χ0v) is 15.5. The van der Waals surface area contributed by atoms with Crippen LogP contribution in [0.4, 0.5) is 11.5 Å². The van der Waals surface area contributed by atoms with Crippen molar-refractivity contribution < 1.29 is 4.79 Å². The Morgan fingerprint density at radius 3 is 2.65 bits per heavy atom. The monoisotopic (exact) mass is 353 g/mol. The number of nitrogens with two attached hydrogens (primary N) is 1. The third kappa shape index (κ3) is 4.71. The number of hydrogen-bond acceptors (Lipinski definition) is 5. The van der Waals surface area contributed by atoms with Crippen molar-refractivity contribution in [3.8, 4) is 0 Å². The van der Waals surface area contributed by atoms with E-state index in [0.717, 1.165) is 54.5 Å². The lowest BCUT2D eigenvalue weighted by Gasteiger charge is -2.33. The van der Waals surface area contributed by atoms with Gasteiger partial charge in [0.2, 0.25) is 5.91 Å². The molecule has 1 saturated heterocycles. The van der Waals surface area contributed by atoms with Crippen molar-refractivity contribution in [1.82, 2.24) is 15.3 Å². The van der Waals surface area contributed by atoms with Gasteiger partial charge in [-0.25, -0.2) is 9.97 Å². The van der Waals surface area contributed by atoms with E-state index in [4.69, 9.17) is 5.73 Å². The number of benzene rings is 1. The maximum atomic E-state index is 12.3. The van der Waals surface area contributed by atoms with E-state index < -0.39 is 0 Å². The minimum absolute atomic E-state index is 0.0976. The Morgan fingerprint density at radius 1 is 1.23 bits per heavy atom. The Hall–Kier alpha value is -2.63. The molecule has 0 unspecified atom stereocenters. The fourth-order valence-corrected chi connectivity index (χ4v) is 3.42. The molecule has 26 heavy (non-hydrogen) atoms. The number of hydrogen-bond donors (Lipinski definition) is 2. The number of para-hydroxylation sites is 1. The maximum absolute atomic E-state index is 12.3. The number of aromatic nitrogens is 2. The number of carbonyl (C=O) groups excluding carboxylic acids is 1. The highest BCUT2D eigenvalue weighted by molar-refractivity contribution is 5.76. The van der Waals surface area contributed by atoms with Crippen LogP contribution in [-0.2, 0) is 11.2 Å². The standard InChI is InChI=1S/C20H27N5O/c1-14-13-19(23-15(2)22-14)25-11-9-17(10-12-25)24-20(26)8-7-16-5-3-4-6-18(16)21/h3-6,13,17H,7-12,21H2,1-2H3,(H,24,26). The van der Waals surface area contributed by atoms with E-state index in [9.17, 15) is 4.79 Å². The van der Waals surface area contributed by atoms with Crippen molar-refractivity contribution >= 4 is 17.4 Å². The summed E-state index contributed by atoms with van der Waals surface area (Å²) in [6.07, 6.45) is 3.01. The van der Waals surface area contributed by atoms with Crippen LogP contribution in [0.1, 0.15) is 36.3 Å². The summed E-state index contributed by atoms with van der Waals surface area (Å²) in [5.74, 6) is 1.88. The van der Waals surface area contributed by atoms with E-state index in [0.29, 0.717) is 12.8 Å².